The van der Waals surface area contributed by atoms with E-state index in [4.69, 9.17) is 5.73 Å². The molecule has 2 amide bonds. The van der Waals surface area contributed by atoms with Crippen LogP contribution in [0.15, 0.2) is 36.5 Å². The number of piperidine rings is 1. The minimum absolute atomic E-state index is 0.0211. The highest BCUT2D eigenvalue weighted by atomic mass is 19.1. The van der Waals surface area contributed by atoms with Gasteiger partial charge < -0.3 is 11.1 Å². The van der Waals surface area contributed by atoms with Crippen LogP contribution in [-0.4, -0.2) is 46.3 Å². The summed E-state index contributed by atoms with van der Waals surface area (Å²) in [5.41, 5.74) is 7.88. The lowest BCUT2D eigenvalue weighted by Gasteiger charge is -2.43. The topological polar surface area (TPSA) is 117 Å². The Balaban J connectivity index is 1.49. The molecule has 0 saturated carbocycles. The predicted octanol–water partition coefficient (Wildman–Crippen LogP) is 3.36. The number of nitrogens with one attached hydrogen (secondary N) is 1. The summed E-state index contributed by atoms with van der Waals surface area (Å²) in [7, 11) is 0. The Labute approximate surface area is 198 Å². The largest absolute Gasteiger partial charge is 0.365 e. The van der Waals surface area contributed by atoms with Crippen molar-refractivity contribution in [3.63, 3.8) is 0 Å². The molecule has 1 aromatic heterocycles. The number of carbonyl (C=O) groups is 2. The second-order valence-electron chi connectivity index (χ2n) is 9.03. The molecule has 178 valence electrons. The molecule has 4 rings (SSSR count). The van der Waals surface area contributed by atoms with Crippen molar-refractivity contribution in [1.82, 2.24) is 14.7 Å². The van der Waals surface area contributed by atoms with E-state index in [2.05, 4.69) is 46.8 Å². The number of hydrogen-bond donors (Lipinski definition) is 2. The average molecular weight is 465 g/mol. The lowest BCUT2D eigenvalue weighted by Crippen LogP contribution is -2.54. The number of alkyl halides is 1. The molecule has 2 atom stereocenters. The number of allylic oxidation sites excluding steroid dienone is 2. The number of nitrogens with zero attached hydrogens (tertiary/aromatic N) is 4. The molecule has 34 heavy (non-hydrogen) atoms. The zero-order valence-electron chi connectivity index (χ0n) is 19.0. The van der Waals surface area contributed by atoms with Crippen molar-refractivity contribution < 1.29 is 14.0 Å². The first-order valence-corrected chi connectivity index (χ1v) is 11.6. The summed E-state index contributed by atoms with van der Waals surface area (Å²) in [6, 6.07) is 10.5. The van der Waals surface area contributed by atoms with E-state index >= 15 is 4.39 Å². The number of likely N-dealkylation sites (tertiary alicyclic amines) is 1. The maximum atomic E-state index is 15.7. The van der Waals surface area contributed by atoms with Gasteiger partial charge in [0.25, 0.3) is 5.91 Å². The highest BCUT2D eigenvalue weighted by Gasteiger charge is 2.46. The summed E-state index contributed by atoms with van der Waals surface area (Å²) in [5, 5.41) is 16.0. The third-order valence-electron chi connectivity index (χ3n) is 6.90. The third kappa shape index (κ3) is 4.73. The van der Waals surface area contributed by atoms with Gasteiger partial charge in [-0.25, -0.2) is 4.39 Å². The maximum Gasteiger partial charge on any atom is 0.254 e. The number of aromatic nitrogens is 2. The van der Waals surface area contributed by atoms with Gasteiger partial charge in [-0.3, -0.25) is 19.2 Å². The fourth-order valence-corrected chi connectivity index (χ4v) is 4.94. The zero-order valence-corrected chi connectivity index (χ0v) is 19.0. The van der Waals surface area contributed by atoms with Gasteiger partial charge in [0.05, 0.1) is 12.5 Å². The summed E-state index contributed by atoms with van der Waals surface area (Å²) in [6.07, 6.45) is 7.56. The Morgan fingerprint density at radius 1 is 1.35 bits per heavy atom. The van der Waals surface area contributed by atoms with E-state index in [1.54, 1.807) is 0 Å². The van der Waals surface area contributed by atoms with Crippen LogP contribution in [0.1, 0.15) is 60.0 Å². The molecule has 1 aliphatic heterocycles. The van der Waals surface area contributed by atoms with Crippen molar-refractivity contribution >= 4 is 23.7 Å². The van der Waals surface area contributed by atoms with E-state index < -0.39 is 17.6 Å². The predicted molar refractivity (Wildman–Crippen MR) is 126 cm³/mol. The molecule has 9 heteroatoms. The zero-order chi connectivity index (χ0) is 24.1. The summed E-state index contributed by atoms with van der Waals surface area (Å²) >= 11 is 0. The smallest absolute Gasteiger partial charge is 0.254 e. The second-order valence-corrected chi connectivity index (χ2v) is 9.03. The van der Waals surface area contributed by atoms with Gasteiger partial charge in [-0.1, -0.05) is 30.3 Å². The molecule has 3 N–H and O–H groups in total. The molecule has 2 unspecified atom stereocenters. The number of hydrogen-bond acceptors (Lipinski definition) is 5. The van der Waals surface area contributed by atoms with Crippen molar-refractivity contribution in [3.8, 4) is 6.07 Å². The number of nitrogens with two attached hydrogens (primary N) is 1. The molecule has 1 aliphatic carbocycles. The first-order valence-electron chi connectivity index (χ1n) is 11.6. The second kappa shape index (κ2) is 10.2. The molecule has 8 nitrogen and oxygen atoms in total. The summed E-state index contributed by atoms with van der Waals surface area (Å²) in [5.74, 6) is -0.828. The SMILES string of the molecule is N#CCC1(n2cc(C(N)=O)c(NC=O)n2)CCN(Cc2ccc(C3=CCCCC3)cc2)CC1F. The highest BCUT2D eigenvalue weighted by molar-refractivity contribution is 5.99. The molecular weight excluding hydrogens is 435 g/mol. The lowest BCUT2D eigenvalue weighted by molar-refractivity contribution is -0.105. The summed E-state index contributed by atoms with van der Waals surface area (Å²) in [4.78, 5) is 24.7. The molecule has 0 spiro atoms. The fraction of sp³-hybridized carbons (Fsp3) is 0.440. The molecule has 2 heterocycles. The van der Waals surface area contributed by atoms with E-state index in [-0.39, 0.29) is 24.3 Å². The lowest BCUT2D eigenvalue weighted by atomic mass is 9.83. The van der Waals surface area contributed by atoms with Gasteiger partial charge >= 0.3 is 0 Å². The van der Waals surface area contributed by atoms with Crippen LogP contribution < -0.4 is 11.1 Å². The van der Waals surface area contributed by atoms with E-state index in [0.717, 1.165) is 18.4 Å². The fourth-order valence-electron chi connectivity index (χ4n) is 4.94. The molecule has 1 aromatic carbocycles. The number of halogens is 1. The molecule has 1 saturated heterocycles. The maximum absolute atomic E-state index is 15.7. The number of amides is 2. The van der Waals surface area contributed by atoms with Gasteiger partial charge in [-0.05, 0) is 48.8 Å². The van der Waals surface area contributed by atoms with Crippen LogP contribution in [0.5, 0.6) is 0 Å². The van der Waals surface area contributed by atoms with Crippen LogP contribution in [0.25, 0.3) is 5.57 Å². The molecule has 2 aliphatic rings. The quantitative estimate of drug-likeness (QED) is 0.581. The van der Waals surface area contributed by atoms with Gasteiger partial charge in [0.1, 0.15) is 17.3 Å². The number of anilines is 1. The van der Waals surface area contributed by atoms with Crippen LogP contribution in [0, 0.1) is 11.3 Å². The van der Waals surface area contributed by atoms with E-state index in [1.807, 2.05) is 4.90 Å². The Bertz CT molecular complexity index is 1120. The van der Waals surface area contributed by atoms with Gasteiger partial charge in [-0.15, -0.1) is 0 Å². The first-order chi connectivity index (χ1) is 16.5. The molecular formula is C25H29FN6O2. The minimum Gasteiger partial charge on any atom is -0.365 e. The first kappa shape index (κ1) is 23.6. The van der Waals surface area contributed by atoms with Crippen molar-refractivity contribution in [3.05, 3.63) is 53.2 Å². The monoisotopic (exact) mass is 464 g/mol. The highest BCUT2D eigenvalue weighted by Crippen LogP contribution is 2.37. The molecule has 2 aromatic rings. The Hall–Kier alpha value is -3.51. The van der Waals surface area contributed by atoms with E-state index in [0.29, 0.717) is 25.9 Å². The van der Waals surface area contributed by atoms with E-state index in [1.165, 1.54) is 34.9 Å². The standard InChI is InChI=1S/C25H29FN6O2/c26-22-16-31(14-18-6-8-20(9-7-18)19-4-2-1-3-5-19)13-11-25(22,10-12-27)32-15-21(23(28)34)24(30-32)29-17-33/h4,6-9,15,17,22H,1-3,5,10-11,13-14,16H2,(H2,28,34)(H,29,30,33). The third-order valence-corrected chi connectivity index (χ3v) is 6.90. The van der Waals surface area contributed by atoms with Crippen LogP contribution in [0.2, 0.25) is 0 Å². The number of benzene rings is 1. The number of carbonyl (C=O) groups excluding carboxylic acids is 2. The minimum atomic E-state index is -1.41. The average Bonchev–Trinajstić information content (AvgIpc) is 3.27. The Morgan fingerprint density at radius 2 is 2.15 bits per heavy atom. The summed E-state index contributed by atoms with van der Waals surface area (Å²) < 4.78 is 17.0. The summed E-state index contributed by atoms with van der Waals surface area (Å²) in [6.45, 7) is 1.28. The molecule has 0 radical (unpaired) electrons. The van der Waals surface area contributed by atoms with Gasteiger partial charge in [0.15, 0.2) is 5.82 Å². The van der Waals surface area contributed by atoms with Crippen LogP contribution in [0.3, 0.4) is 0 Å². The van der Waals surface area contributed by atoms with Crippen molar-refractivity contribution in [2.75, 3.05) is 18.4 Å². The van der Waals surface area contributed by atoms with E-state index in [9.17, 15) is 14.9 Å². The number of rotatable bonds is 8. The van der Waals surface area contributed by atoms with Gasteiger partial charge in [-0.2, -0.15) is 10.4 Å². The van der Waals surface area contributed by atoms with Gasteiger partial charge in [0.2, 0.25) is 6.41 Å². The van der Waals surface area contributed by atoms with Crippen LogP contribution in [0.4, 0.5) is 10.2 Å². The number of nitriles is 1. The van der Waals surface area contributed by atoms with Crippen molar-refractivity contribution in [2.24, 2.45) is 5.73 Å². The van der Waals surface area contributed by atoms with Crippen LogP contribution in [-0.2, 0) is 16.9 Å². The van der Waals surface area contributed by atoms with Crippen molar-refractivity contribution in [2.45, 2.75) is 56.8 Å². The van der Waals surface area contributed by atoms with Crippen LogP contribution >= 0.6 is 0 Å². The molecule has 1 fully saturated rings. The Kier molecular flexibility index (Phi) is 7.08. The van der Waals surface area contributed by atoms with Gasteiger partial charge in [0, 0.05) is 25.8 Å². The Morgan fingerprint density at radius 3 is 2.76 bits per heavy atom. The number of primary amides is 1. The normalized spacial score (nSPS) is 23.1. The van der Waals surface area contributed by atoms with Crippen molar-refractivity contribution in [1.29, 1.82) is 5.26 Å². The molecule has 0 bridgehead atoms.